The van der Waals surface area contributed by atoms with Crippen LogP contribution < -0.4 is 14.8 Å². The average Bonchev–Trinajstić information content (AvgIpc) is 2.49. The minimum Gasteiger partial charge on any atom is -0.490 e. The summed E-state index contributed by atoms with van der Waals surface area (Å²) >= 11 is 0. The van der Waals surface area contributed by atoms with Crippen molar-refractivity contribution in [1.29, 1.82) is 0 Å². The van der Waals surface area contributed by atoms with Crippen molar-refractivity contribution in [3.63, 3.8) is 0 Å². The summed E-state index contributed by atoms with van der Waals surface area (Å²) in [5.74, 6) is 0.216. The van der Waals surface area contributed by atoms with Crippen LogP contribution in [-0.2, 0) is 11.3 Å². The van der Waals surface area contributed by atoms with Crippen LogP contribution >= 0.6 is 0 Å². The number of amides is 1. The van der Waals surface area contributed by atoms with Gasteiger partial charge in [0.05, 0.1) is 13.2 Å². The second-order valence-electron chi connectivity index (χ2n) is 6.55. The molecule has 0 aliphatic rings. The number of carbonyl (C=O) groups excluding carboxylic acids is 1. The summed E-state index contributed by atoms with van der Waals surface area (Å²) in [6, 6.07) is 4.80. The van der Waals surface area contributed by atoms with Gasteiger partial charge in [-0.3, -0.25) is 9.69 Å². The highest BCUT2D eigenvalue weighted by Crippen LogP contribution is 2.30. The summed E-state index contributed by atoms with van der Waals surface area (Å²) in [6.07, 6.45) is 0.839. The Labute approximate surface area is 148 Å². The van der Waals surface area contributed by atoms with Gasteiger partial charge in [0.15, 0.2) is 11.5 Å². The zero-order chi connectivity index (χ0) is 19.0. The molecule has 0 saturated carbocycles. The Kier molecular flexibility index (Phi) is 8.09. The number of hydrogen-bond donors (Lipinski definition) is 1. The van der Waals surface area contributed by atoms with Crippen molar-refractivity contribution >= 4 is 5.91 Å². The molecule has 0 aromatic heterocycles. The number of rotatable bonds is 10. The van der Waals surface area contributed by atoms with Crippen molar-refractivity contribution < 1.29 is 23.0 Å². The highest BCUT2D eigenvalue weighted by molar-refractivity contribution is 5.78. The molecule has 0 saturated heterocycles. The molecular weight excluding hydrogens is 330 g/mol. The number of nitrogens with one attached hydrogen (secondary N) is 1. The highest BCUT2D eigenvalue weighted by atomic mass is 19.3. The lowest BCUT2D eigenvalue weighted by atomic mass is 10.0. The summed E-state index contributed by atoms with van der Waals surface area (Å²) in [5.41, 5.74) is 0.601. The molecule has 0 spiro atoms. The highest BCUT2D eigenvalue weighted by Gasteiger charge is 2.19. The molecule has 1 rings (SSSR count). The Morgan fingerprint density at radius 1 is 1.28 bits per heavy atom. The van der Waals surface area contributed by atoms with Crippen molar-refractivity contribution in [2.75, 3.05) is 20.2 Å². The van der Waals surface area contributed by atoms with E-state index in [0.29, 0.717) is 13.2 Å². The molecule has 5 nitrogen and oxygen atoms in total. The Bertz CT molecular complexity index is 565. The molecule has 1 aromatic rings. The van der Waals surface area contributed by atoms with Crippen molar-refractivity contribution in [3.05, 3.63) is 23.8 Å². The molecule has 0 aliphatic carbocycles. The average molecular weight is 358 g/mol. The van der Waals surface area contributed by atoms with Gasteiger partial charge in [0.1, 0.15) is 0 Å². The molecule has 0 aliphatic heterocycles. The number of nitrogens with zero attached hydrogens (tertiary/aromatic N) is 1. The van der Waals surface area contributed by atoms with Gasteiger partial charge in [-0.05, 0) is 51.9 Å². The third-order valence-electron chi connectivity index (χ3n) is 3.75. The summed E-state index contributed by atoms with van der Waals surface area (Å²) < 4.78 is 34.7. The molecule has 25 heavy (non-hydrogen) atoms. The molecule has 0 heterocycles. The monoisotopic (exact) mass is 358 g/mol. The largest absolute Gasteiger partial charge is 0.490 e. The van der Waals surface area contributed by atoms with Crippen molar-refractivity contribution in [2.24, 2.45) is 0 Å². The van der Waals surface area contributed by atoms with Crippen molar-refractivity contribution in [2.45, 2.75) is 52.8 Å². The van der Waals surface area contributed by atoms with Gasteiger partial charge < -0.3 is 14.8 Å². The number of carbonyl (C=O) groups is 1. The van der Waals surface area contributed by atoms with Crippen LogP contribution in [0.25, 0.3) is 0 Å². The van der Waals surface area contributed by atoms with Gasteiger partial charge in [-0.1, -0.05) is 13.0 Å². The van der Waals surface area contributed by atoms with Gasteiger partial charge in [-0.15, -0.1) is 0 Å². The van der Waals surface area contributed by atoms with Gasteiger partial charge in [-0.25, -0.2) is 0 Å². The van der Waals surface area contributed by atoms with E-state index >= 15 is 0 Å². The summed E-state index contributed by atoms with van der Waals surface area (Å²) in [6.45, 7) is 5.89. The predicted octanol–water partition coefficient (Wildman–Crippen LogP) is 3.42. The molecule has 7 heteroatoms. The Balaban J connectivity index is 2.71. The van der Waals surface area contributed by atoms with Crippen LogP contribution in [0.3, 0.4) is 0 Å². The molecule has 0 radical (unpaired) electrons. The third kappa shape index (κ3) is 7.69. The maximum absolute atomic E-state index is 12.4. The molecule has 142 valence electrons. The van der Waals surface area contributed by atoms with Crippen LogP contribution in [0.5, 0.6) is 11.5 Å². The van der Waals surface area contributed by atoms with Crippen LogP contribution in [0.1, 0.15) is 39.7 Å². The summed E-state index contributed by atoms with van der Waals surface area (Å²) in [7, 11) is 1.82. The number of likely N-dealkylation sites (N-methyl/N-ethyl adjacent to an activating group) is 1. The maximum atomic E-state index is 12.4. The van der Waals surface area contributed by atoms with Gasteiger partial charge in [0, 0.05) is 12.1 Å². The maximum Gasteiger partial charge on any atom is 0.387 e. The number of halogens is 2. The Morgan fingerprint density at radius 2 is 1.96 bits per heavy atom. The molecule has 1 aromatic carbocycles. The molecule has 0 unspecified atom stereocenters. The standard InChI is InChI=1S/C18H28F2N2O3/c1-6-18(3,4)21-16(23)12-22(5)11-13-8-9-14(25-17(19)20)15(10-13)24-7-2/h8-10,17H,6-7,11-12H2,1-5H3,(H,21,23). The fourth-order valence-electron chi connectivity index (χ4n) is 2.23. The minimum absolute atomic E-state index is 0.00527. The lowest BCUT2D eigenvalue weighted by Crippen LogP contribution is -2.46. The van der Waals surface area contributed by atoms with Gasteiger partial charge >= 0.3 is 6.61 Å². The van der Waals surface area contributed by atoms with Crippen molar-refractivity contribution in [3.8, 4) is 11.5 Å². The Morgan fingerprint density at radius 3 is 2.52 bits per heavy atom. The van der Waals surface area contributed by atoms with E-state index in [-0.39, 0.29) is 29.5 Å². The van der Waals surface area contributed by atoms with E-state index in [2.05, 4.69) is 10.1 Å². The van der Waals surface area contributed by atoms with E-state index in [4.69, 9.17) is 4.74 Å². The molecular formula is C18H28F2N2O3. The number of alkyl halides is 2. The number of benzene rings is 1. The minimum atomic E-state index is -2.90. The van der Waals surface area contributed by atoms with E-state index in [1.54, 1.807) is 19.1 Å². The molecule has 1 N–H and O–H groups in total. The Hall–Kier alpha value is -1.89. The first-order chi connectivity index (χ1) is 11.7. The van der Waals surface area contributed by atoms with E-state index < -0.39 is 6.61 Å². The van der Waals surface area contributed by atoms with E-state index in [9.17, 15) is 13.6 Å². The molecule has 0 atom stereocenters. The van der Waals surface area contributed by atoms with Crippen LogP contribution in [0.2, 0.25) is 0 Å². The molecule has 0 bridgehead atoms. The first-order valence-electron chi connectivity index (χ1n) is 8.37. The summed E-state index contributed by atoms with van der Waals surface area (Å²) in [5, 5.41) is 2.98. The molecule has 1 amide bonds. The number of hydrogen-bond acceptors (Lipinski definition) is 4. The van der Waals surface area contributed by atoms with E-state index in [1.807, 2.05) is 32.7 Å². The van der Waals surface area contributed by atoms with Crippen LogP contribution in [0.15, 0.2) is 18.2 Å². The first kappa shape index (κ1) is 21.2. The zero-order valence-electron chi connectivity index (χ0n) is 15.6. The van der Waals surface area contributed by atoms with Crippen LogP contribution in [0, 0.1) is 0 Å². The second kappa shape index (κ2) is 9.56. The number of ether oxygens (including phenoxy) is 2. The topological polar surface area (TPSA) is 50.8 Å². The lowest BCUT2D eigenvalue weighted by Gasteiger charge is -2.26. The second-order valence-corrected chi connectivity index (χ2v) is 6.55. The zero-order valence-corrected chi connectivity index (χ0v) is 15.6. The lowest BCUT2D eigenvalue weighted by molar-refractivity contribution is -0.123. The predicted molar refractivity (Wildman–Crippen MR) is 93.1 cm³/mol. The first-order valence-corrected chi connectivity index (χ1v) is 8.37. The molecule has 0 fully saturated rings. The van der Waals surface area contributed by atoms with Gasteiger partial charge in [0.2, 0.25) is 5.91 Å². The summed E-state index contributed by atoms with van der Waals surface area (Å²) in [4.78, 5) is 13.9. The smallest absolute Gasteiger partial charge is 0.387 e. The van der Waals surface area contributed by atoms with Crippen molar-refractivity contribution in [1.82, 2.24) is 10.2 Å². The third-order valence-corrected chi connectivity index (χ3v) is 3.75. The fourth-order valence-corrected chi connectivity index (χ4v) is 2.23. The normalized spacial score (nSPS) is 11.7. The van der Waals surface area contributed by atoms with E-state index in [0.717, 1.165) is 12.0 Å². The SMILES string of the molecule is CCOc1cc(CN(C)CC(=O)NC(C)(C)CC)ccc1OC(F)F. The van der Waals surface area contributed by atoms with Gasteiger partial charge in [0.25, 0.3) is 0 Å². The van der Waals surface area contributed by atoms with Crippen LogP contribution in [-0.4, -0.2) is 43.2 Å². The van der Waals surface area contributed by atoms with E-state index in [1.165, 1.54) is 6.07 Å². The van der Waals surface area contributed by atoms with Crippen LogP contribution in [0.4, 0.5) is 8.78 Å². The fraction of sp³-hybridized carbons (Fsp3) is 0.611. The quantitative estimate of drug-likeness (QED) is 0.696. The van der Waals surface area contributed by atoms with Gasteiger partial charge in [-0.2, -0.15) is 8.78 Å².